The highest BCUT2D eigenvalue weighted by Gasteiger charge is 2.22. The van der Waals surface area contributed by atoms with E-state index in [9.17, 15) is 9.18 Å². The molecule has 0 unspecified atom stereocenters. The zero-order valence-electron chi connectivity index (χ0n) is 16.5. The topological polar surface area (TPSA) is 79.1 Å². The van der Waals surface area contributed by atoms with Gasteiger partial charge >= 0.3 is 6.09 Å². The van der Waals surface area contributed by atoms with Crippen LogP contribution in [0.25, 0.3) is 22.5 Å². The van der Waals surface area contributed by atoms with Crippen LogP contribution in [0.1, 0.15) is 5.56 Å². The maximum Gasteiger partial charge on any atom is 0.436 e. The molecule has 0 aliphatic heterocycles. The van der Waals surface area contributed by atoms with Crippen molar-refractivity contribution in [3.05, 3.63) is 90.5 Å². The number of ether oxygens (including phenoxy) is 2. The van der Waals surface area contributed by atoms with Crippen molar-refractivity contribution in [1.29, 1.82) is 0 Å². The number of benzene rings is 2. The Hall–Kier alpha value is -3.91. The van der Waals surface area contributed by atoms with Crippen LogP contribution < -0.4 is 0 Å². The molecule has 2 heterocycles. The quantitative estimate of drug-likeness (QED) is 0.415. The zero-order valence-corrected chi connectivity index (χ0v) is 16.5. The van der Waals surface area contributed by atoms with Crippen LogP contribution in [0.5, 0.6) is 0 Å². The van der Waals surface area contributed by atoms with E-state index >= 15 is 0 Å². The molecule has 4 rings (SSSR count). The molecule has 0 saturated carbocycles. The van der Waals surface area contributed by atoms with Gasteiger partial charge < -0.3 is 9.47 Å². The Balaban J connectivity index is 1.48. The molecule has 0 amide bonds. The second-order valence-electron chi connectivity index (χ2n) is 6.59. The first-order valence-corrected chi connectivity index (χ1v) is 9.63. The van der Waals surface area contributed by atoms with Gasteiger partial charge in [0.25, 0.3) is 0 Å². The van der Waals surface area contributed by atoms with Crippen LogP contribution in [0.4, 0.5) is 9.18 Å². The number of pyridine rings is 1. The lowest BCUT2D eigenvalue weighted by molar-refractivity contribution is 0.0642. The molecule has 156 valence electrons. The lowest BCUT2D eigenvalue weighted by Gasteiger charge is -2.09. The van der Waals surface area contributed by atoms with Crippen molar-refractivity contribution in [2.45, 2.75) is 6.61 Å². The minimum atomic E-state index is -0.684. The average Bonchev–Trinajstić information content (AvgIpc) is 3.26. The summed E-state index contributed by atoms with van der Waals surface area (Å²) in [5, 5.41) is 8.11. The molecule has 0 aliphatic rings. The predicted molar refractivity (Wildman–Crippen MR) is 111 cm³/mol. The van der Waals surface area contributed by atoms with Crippen LogP contribution in [0, 0.1) is 5.82 Å². The summed E-state index contributed by atoms with van der Waals surface area (Å²) in [5.41, 5.74) is 3.21. The van der Waals surface area contributed by atoms with Gasteiger partial charge in [0.15, 0.2) is 0 Å². The largest absolute Gasteiger partial charge is 0.445 e. The first-order valence-electron chi connectivity index (χ1n) is 9.63. The number of carbonyl (C=O) groups excluding carboxylic acids is 1. The lowest BCUT2D eigenvalue weighted by Crippen LogP contribution is -2.19. The van der Waals surface area contributed by atoms with Crippen molar-refractivity contribution >= 4 is 6.09 Å². The predicted octanol–water partition coefficient (Wildman–Crippen LogP) is 4.35. The Kier molecular flexibility index (Phi) is 6.39. The third-order valence-electron chi connectivity index (χ3n) is 4.48. The molecule has 2 aromatic carbocycles. The molecule has 0 bridgehead atoms. The number of carbonyl (C=O) groups is 1. The van der Waals surface area contributed by atoms with E-state index in [2.05, 4.69) is 15.3 Å². The summed E-state index contributed by atoms with van der Waals surface area (Å²) in [7, 11) is 0. The number of aromatic nitrogens is 4. The van der Waals surface area contributed by atoms with Crippen molar-refractivity contribution in [3.8, 4) is 22.5 Å². The second kappa shape index (κ2) is 9.73. The third kappa shape index (κ3) is 4.99. The van der Waals surface area contributed by atoms with Gasteiger partial charge in [0.05, 0.1) is 13.2 Å². The molecule has 0 atom stereocenters. The Bertz CT molecular complexity index is 1130. The summed E-state index contributed by atoms with van der Waals surface area (Å²) in [6.07, 6.45) is 2.52. The van der Waals surface area contributed by atoms with Crippen molar-refractivity contribution in [1.82, 2.24) is 20.0 Å². The standard InChI is InChI=1S/C23H19FN4O3/c24-20-8-6-18(7-9-20)21-22(19-10-12-25-13-11-19)28(27-26-21)23(29)31-15-14-30-16-17-4-2-1-3-5-17/h1-13H,14-16H2. The van der Waals surface area contributed by atoms with Crippen LogP contribution in [0.3, 0.4) is 0 Å². The molecule has 0 radical (unpaired) electrons. The van der Waals surface area contributed by atoms with Gasteiger partial charge in [-0.05, 0) is 42.0 Å². The molecule has 0 saturated heterocycles. The van der Waals surface area contributed by atoms with Crippen LogP contribution >= 0.6 is 0 Å². The van der Waals surface area contributed by atoms with E-state index in [-0.39, 0.29) is 19.0 Å². The summed E-state index contributed by atoms with van der Waals surface area (Å²) in [6, 6.07) is 19.0. The fraction of sp³-hybridized carbons (Fsp3) is 0.130. The Morgan fingerprint density at radius 2 is 1.65 bits per heavy atom. The van der Waals surface area contributed by atoms with E-state index in [0.717, 1.165) is 10.2 Å². The third-order valence-corrected chi connectivity index (χ3v) is 4.48. The van der Waals surface area contributed by atoms with Gasteiger partial charge in [-0.15, -0.1) is 9.78 Å². The maximum absolute atomic E-state index is 13.3. The number of rotatable bonds is 7. The minimum Gasteiger partial charge on any atom is -0.445 e. The van der Waals surface area contributed by atoms with Gasteiger partial charge in [0, 0.05) is 23.5 Å². The summed E-state index contributed by atoms with van der Waals surface area (Å²) >= 11 is 0. The highest BCUT2D eigenvalue weighted by Crippen LogP contribution is 2.30. The zero-order chi connectivity index (χ0) is 21.5. The summed E-state index contributed by atoms with van der Waals surface area (Å²) in [4.78, 5) is 16.7. The second-order valence-corrected chi connectivity index (χ2v) is 6.59. The Labute approximate surface area is 178 Å². The van der Waals surface area contributed by atoms with Crippen LogP contribution in [0.2, 0.25) is 0 Å². The molecule has 7 nitrogen and oxygen atoms in total. The number of hydrogen-bond acceptors (Lipinski definition) is 6. The van der Waals surface area contributed by atoms with E-state index in [4.69, 9.17) is 9.47 Å². The Morgan fingerprint density at radius 1 is 0.903 bits per heavy atom. The SMILES string of the molecule is O=C(OCCOCc1ccccc1)n1nnc(-c2ccc(F)cc2)c1-c1ccncc1. The molecule has 31 heavy (non-hydrogen) atoms. The molecular weight excluding hydrogens is 399 g/mol. The van der Waals surface area contributed by atoms with E-state index in [1.54, 1.807) is 36.7 Å². The van der Waals surface area contributed by atoms with Gasteiger partial charge in [-0.3, -0.25) is 4.98 Å². The highest BCUT2D eigenvalue weighted by atomic mass is 19.1. The molecular formula is C23H19FN4O3. The lowest BCUT2D eigenvalue weighted by atomic mass is 10.1. The molecule has 0 spiro atoms. The minimum absolute atomic E-state index is 0.0627. The first kappa shape index (κ1) is 20.4. The first-order chi connectivity index (χ1) is 15.2. The van der Waals surface area contributed by atoms with Crippen LogP contribution in [-0.2, 0) is 16.1 Å². The Morgan fingerprint density at radius 3 is 2.39 bits per heavy atom. The molecule has 0 fully saturated rings. The van der Waals surface area contributed by atoms with E-state index in [1.165, 1.54) is 12.1 Å². The molecule has 8 heteroatoms. The average molecular weight is 418 g/mol. The van der Waals surface area contributed by atoms with Gasteiger partial charge in [-0.2, -0.15) is 0 Å². The van der Waals surface area contributed by atoms with Crippen molar-refractivity contribution < 1.29 is 18.7 Å². The summed E-state index contributed by atoms with van der Waals surface area (Å²) in [5.74, 6) is -0.364. The number of halogens is 1. The summed E-state index contributed by atoms with van der Waals surface area (Å²) in [6.45, 7) is 0.733. The van der Waals surface area contributed by atoms with Gasteiger partial charge in [-0.1, -0.05) is 35.5 Å². The highest BCUT2D eigenvalue weighted by molar-refractivity contribution is 5.85. The van der Waals surface area contributed by atoms with Gasteiger partial charge in [-0.25, -0.2) is 9.18 Å². The summed E-state index contributed by atoms with van der Waals surface area (Å²) < 4.78 is 25.3. The molecule has 0 aliphatic carbocycles. The van der Waals surface area contributed by atoms with Crippen LogP contribution in [0.15, 0.2) is 79.1 Å². The molecule has 2 aromatic heterocycles. The van der Waals surface area contributed by atoms with Crippen molar-refractivity contribution in [2.24, 2.45) is 0 Å². The number of nitrogens with zero attached hydrogens (tertiary/aromatic N) is 4. The molecule has 0 N–H and O–H groups in total. The number of hydrogen-bond donors (Lipinski definition) is 0. The van der Waals surface area contributed by atoms with E-state index in [0.29, 0.717) is 29.1 Å². The normalized spacial score (nSPS) is 10.7. The van der Waals surface area contributed by atoms with Gasteiger partial charge in [0.1, 0.15) is 23.8 Å². The smallest absolute Gasteiger partial charge is 0.436 e. The monoisotopic (exact) mass is 418 g/mol. The van der Waals surface area contributed by atoms with Gasteiger partial charge in [0.2, 0.25) is 0 Å². The fourth-order valence-corrected chi connectivity index (χ4v) is 2.99. The van der Waals surface area contributed by atoms with Crippen molar-refractivity contribution in [2.75, 3.05) is 13.2 Å². The van der Waals surface area contributed by atoms with Crippen LogP contribution in [-0.4, -0.2) is 39.3 Å². The maximum atomic E-state index is 13.3. The van der Waals surface area contributed by atoms with E-state index < -0.39 is 6.09 Å². The van der Waals surface area contributed by atoms with E-state index in [1.807, 2.05) is 30.3 Å². The van der Waals surface area contributed by atoms with Crippen molar-refractivity contribution in [3.63, 3.8) is 0 Å². The fourth-order valence-electron chi connectivity index (χ4n) is 2.99. The molecule has 4 aromatic rings.